The summed E-state index contributed by atoms with van der Waals surface area (Å²) in [6, 6.07) is 0.479. The summed E-state index contributed by atoms with van der Waals surface area (Å²) in [5.74, 6) is 1.29. The topological polar surface area (TPSA) is 77.0 Å². The molecule has 1 aliphatic carbocycles. The van der Waals surface area contributed by atoms with E-state index in [0.29, 0.717) is 17.6 Å². The van der Waals surface area contributed by atoms with Gasteiger partial charge in [0, 0.05) is 6.04 Å². The molecule has 2 aliphatic rings. The third-order valence-electron chi connectivity index (χ3n) is 4.51. The molecule has 1 saturated heterocycles. The second-order valence-corrected chi connectivity index (χ2v) is 5.46. The Labute approximate surface area is 110 Å². The molecular formula is C13H16N4O2. The fourth-order valence-corrected chi connectivity index (χ4v) is 3.52. The van der Waals surface area contributed by atoms with Crippen LogP contribution in [0.4, 0.5) is 0 Å². The van der Waals surface area contributed by atoms with E-state index >= 15 is 0 Å². The molecule has 4 rings (SSSR count). The molecule has 2 fully saturated rings. The highest BCUT2D eigenvalue weighted by molar-refractivity contribution is 5.45. The van der Waals surface area contributed by atoms with Crippen molar-refractivity contribution in [2.24, 2.45) is 0 Å². The van der Waals surface area contributed by atoms with Crippen LogP contribution in [0.25, 0.3) is 11.5 Å². The molecule has 1 saturated carbocycles. The molecular weight excluding hydrogens is 244 g/mol. The molecule has 0 radical (unpaired) electrons. The quantitative estimate of drug-likeness (QED) is 0.888. The van der Waals surface area contributed by atoms with Crippen molar-refractivity contribution in [3.63, 3.8) is 0 Å². The van der Waals surface area contributed by atoms with Crippen molar-refractivity contribution < 1.29 is 8.94 Å². The van der Waals surface area contributed by atoms with Gasteiger partial charge in [0.2, 0.25) is 11.7 Å². The van der Waals surface area contributed by atoms with E-state index in [1.54, 1.807) is 0 Å². The van der Waals surface area contributed by atoms with Gasteiger partial charge in [-0.25, -0.2) is 4.98 Å². The molecule has 0 amide bonds. The van der Waals surface area contributed by atoms with Crippen LogP contribution in [-0.4, -0.2) is 27.7 Å². The van der Waals surface area contributed by atoms with E-state index in [0.717, 1.165) is 25.3 Å². The normalized spacial score (nSPS) is 30.4. The Balaban J connectivity index is 1.72. The summed E-state index contributed by atoms with van der Waals surface area (Å²) in [6.45, 7) is 1.03. The average Bonchev–Trinajstić information content (AvgIpc) is 3.18. The Morgan fingerprint density at radius 3 is 3.21 bits per heavy atom. The minimum Gasteiger partial charge on any atom is -0.451 e. The van der Waals surface area contributed by atoms with Gasteiger partial charge in [-0.1, -0.05) is 18.0 Å². The molecule has 6 nitrogen and oxygen atoms in total. The summed E-state index contributed by atoms with van der Waals surface area (Å²) >= 11 is 0. The first-order valence-electron chi connectivity index (χ1n) is 6.85. The van der Waals surface area contributed by atoms with Crippen molar-refractivity contribution in [2.45, 2.75) is 43.6 Å². The Hall–Kier alpha value is -1.69. The van der Waals surface area contributed by atoms with Gasteiger partial charge in [-0.3, -0.25) is 0 Å². The molecule has 2 aromatic heterocycles. The standard InChI is InChI=1S/C13H16N4O2/c1-2-4-13(5-6-14-10(13)3-1)12-16-11(17-19-12)9-7-18-8-15-9/h7-8,10,14H,1-6H2/t10-,13+/m0/s1. The van der Waals surface area contributed by atoms with E-state index in [2.05, 4.69) is 20.4 Å². The fraction of sp³-hybridized carbons (Fsp3) is 0.615. The summed E-state index contributed by atoms with van der Waals surface area (Å²) in [5, 5.41) is 7.63. The fourth-order valence-electron chi connectivity index (χ4n) is 3.52. The lowest BCUT2D eigenvalue weighted by atomic mass is 9.70. The lowest BCUT2D eigenvalue weighted by molar-refractivity contribution is 0.199. The number of oxazole rings is 1. The summed E-state index contributed by atoms with van der Waals surface area (Å²) in [4.78, 5) is 8.63. The van der Waals surface area contributed by atoms with Gasteiger partial charge < -0.3 is 14.3 Å². The minimum absolute atomic E-state index is 0.0350. The van der Waals surface area contributed by atoms with Crippen LogP contribution in [0, 0.1) is 0 Å². The van der Waals surface area contributed by atoms with Gasteiger partial charge in [0.05, 0.1) is 5.41 Å². The first-order valence-corrected chi connectivity index (χ1v) is 6.85. The van der Waals surface area contributed by atoms with E-state index < -0.39 is 0 Å². The van der Waals surface area contributed by atoms with Crippen LogP contribution in [0.2, 0.25) is 0 Å². The number of nitrogens with zero attached hydrogens (tertiary/aromatic N) is 3. The van der Waals surface area contributed by atoms with Gasteiger partial charge in [0.1, 0.15) is 12.0 Å². The average molecular weight is 260 g/mol. The summed E-state index contributed by atoms with van der Waals surface area (Å²) in [7, 11) is 0. The lowest BCUT2D eigenvalue weighted by Crippen LogP contribution is -2.43. The van der Waals surface area contributed by atoms with Crippen molar-refractivity contribution in [3.8, 4) is 11.5 Å². The van der Waals surface area contributed by atoms with E-state index in [9.17, 15) is 0 Å². The maximum atomic E-state index is 5.55. The largest absolute Gasteiger partial charge is 0.451 e. The van der Waals surface area contributed by atoms with Gasteiger partial charge in [0.15, 0.2) is 6.39 Å². The van der Waals surface area contributed by atoms with Gasteiger partial charge in [-0.2, -0.15) is 4.98 Å². The molecule has 0 bridgehead atoms. The van der Waals surface area contributed by atoms with Gasteiger partial charge >= 0.3 is 0 Å². The Morgan fingerprint density at radius 1 is 1.32 bits per heavy atom. The van der Waals surface area contributed by atoms with E-state index in [4.69, 9.17) is 8.94 Å². The van der Waals surface area contributed by atoms with Crippen LogP contribution in [0.3, 0.4) is 0 Å². The number of hydrogen-bond donors (Lipinski definition) is 1. The van der Waals surface area contributed by atoms with Crippen molar-refractivity contribution in [1.82, 2.24) is 20.4 Å². The van der Waals surface area contributed by atoms with E-state index in [1.807, 2.05) is 0 Å². The highest BCUT2D eigenvalue weighted by Gasteiger charge is 2.49. The molecule has 0 spiro atoms. The van der Waals surface area contributed by atoms with Crippen molar-refractivity contribution in [2.75, 3.05) is 6.54 Å². The maximum absolute atomic E-state index is 5.55. The zero-order valence-corrected chi connectivity index (χ0v) is 10.6. The van der Waals surface area contributed by atoms with Crippen molar-refractivity contribution >= 4 is 0 Å². The Morgan fingerprint density at radius 2 is 2.32 bits per heavy atom. The number of rotatable bonds is 2. The minimum atomic E-state index is 0.0350. The van der Waals surface area contributed by atoms with Crippen LogP contribution >= 0.6 is 0 Å². The van der Waals surface area contributed by atoms with Crippen LogP contribution in [0.5, 0.6) is 0 Å². The molecule has 1 aliphatic heterocycles. The predicted octanol–water partition coefficient (Wildman–Crippen LogP) is 1.90. The first-order chi connectivity index (χ1) is 9.38. The highest BCUT2D eigenvalue weighted by Crippen LogP contribution is 2.44. The van der Waals surface area contributed by atoms with Gasteiger partial charge in [-0.05, 0) is 25.8 Å². The predicted molar refractivity (Wildman–Crippen MR) is 66.3 cm³/mol. The zero-order chi connectivity index (χ0) is 12.7. The Kier molecular flexibility index (Phi) is 2.44. The van der Waals surface area contributed by atoms with E-state index in [1.165, 1.54) is 31.9 Å². The highest BCUT2D eigenvalue weighted by atomic mass is 16.5. The molecule has 0 unspecified atom stereocenters. The smallest absolute Gasteiger partial charge is 0.234 e. The zero-order valence-electron chi connectivity index (χ0n) is 10.6. The molecule has 2 atom stereocenters. The Bertz CT molecular complexity index is 565. The van der Waals surface area contributed by atoms with Crippen LogP contribution in [0.1, 0.15) is 38.0 Å². The van der Waals surface area contributed by atoms with Crippen molar-refractivity contribution in [1.29, 1.82) is 0 Å². The van der Waals surface area contributed by atoms with Crippen LogP contribution < -0.4 is 5.32 Å². The molecule has 0 aromatic carbocycles. The van der Waals surface area contributed by atoms with Crippen LogP contribution in [-0.2, 0) is 5.41 Å². The summed E-state index contributed by atoms with van der Waals surface area (Å²) in [6.07, 6.45) is 8.84. The second-order valence-electron chi connectivity index (χ2n) is 5.46. The molecule has 6 heteroatoms. The van der Waals surface area contributed by atoms with Gasteiger partial charge in [0.25, 0.3) is 0 Å². The second kappa shape index (κ2) is 4.16. The number of nitrogens with one attached hydrogen (secondary N) is 1. The summed E-state index contributed by atoms with van der Waals surface area (Å²) < 4.78 is 10.5. The van der Waals surface area contributed by atoms with Crippen LogP contribution in [0.15, 0.2) is 21.6 Å². The van der Waals surface area contributed by atoms with Crippen molar-refractivity contribution in [3.05, 3.63) is 18.5 Å². The van der Waals surface area contributed by atoms with E-state index in [-0.39, 0.29) is 5.41 Å². The third-order valence-corrected chi connectivity index (χ3v) is 4.51. The first kappa shape index (κ1) is 11.2. The number of fused-ring (bicyclic) bond motifs is 1. The molecule has 3 heterocycles. The maximum Gasteiger partial charge on any atom is 0.234 e. The SMILES string of the molecule is c1nc(-c2noc([C@@]34CCCC[C@@H]3NCC4)n2)co1. The summed E-state index contributed by atoms with van der Waals surface area (Å²) in [5.41, 5.74) is 0.664. The number of hydrogen-bond acceptors (Lipinski definition) is 6. The molecule has 1 N–H and O–H groups in total. The monoisotopic (exact) mass is 260 g/mol. The lowest BCUT2D eigenvalue weighted by Gasteiger charge is -2.35. The molecule has 2 aromatic rings. The molecule has 100 valence electrons. The number of aromatic nitrogens is 3. The third kappa shape index (κ3) is 1.63. The van der Waals surface area contributed by atoms with Gasteiger partial charge in [-0.15, -0.1) is 0 Å². The molecule has 19 heavy (non-hydrogen) atoms.